The first-order valence-electron chi connectivity index (χ1n) is 4.33. The fraction of sp³-hybridized carbons (Fsp3) is 0.0909. The summed E-state index contributed by atoms with van der Waals surface area (Å²) in [6, 6.07) is 5.94. The number of hydrogen-bond acceptors (Lipinski definition) is 3. The molecule has 2 heterocycles. The first-order valence-corrected chi connectivity index (χ1v) is 5.53. The monoisotopic (exact) mass is 234 g/mol. The number of pyridine rings is 1. The molecule has 74 valence electrons. The van der Waals surface area contributed by atoms with Crippen LogP contribution in [0.25, 0.3) is 10.4 Å². The van der Waals surface area contributed by atoms with Gasteiger partial charge in [0.15, 0.2) is 0 Å². The highest BCUT2D eigenvalue weighted by Gasteiger charge is 2.14. The molecule has 0 fully saturated rings. The summed E-state index contributed by atoms with van der Waals surface area (Å²) in [5.41, 5.74) is 2.57. The van der Waals surface area contributed by atoms with Crippen LogP contribution >= 0.6 is 22.9 Å². The zero-order valence-corrected chi connectivity index (χ0v) is 9.56. The van der Waals surface area contributed by atoms with Crippen LogP contribution in [0.15, 0.2) is 24.5 Å². The Bertz CT molecular complexity index is 526. The lowest BCUT2D eigenvalue weighted by molar-refractivity contribution is 1.33. The fourth-order valence-electron chi connectivity index (χ4n) is 1.38. The topological polar surface area (TPSA) is 36.7 Å². The van der Waals surface area contributed by atoms with Crippen molar-refractivity contribution in [2.75, 3.05) is 0 Å². The van der Waals surface area contributed by atoms with Gasteiger partial charge in [0.25, 0.3) is 0 Å². The summed E-state index contributed by atoms with van der Waals surface area (Å²) in [6.45, 7) is 1.91. The molecule has 2 rings (SSSR count). The highest BCUT2D eigenvalue weighted by Crippen LogP contribution is 2.38. The van der Waals surface area contributed by atoms with Crippen molar-refractivity contribution < 1.29 is 0 Å². The molecule has 0 amide bonds. The van der Waals surface area contributed by atoms with Gasteiger partial charge >= 0.3 is 0 Å². The predicted octanol–water partition coefficient (Wildman–Crippen LogP) is 3.64. The van der Waals surface area contributed by atoms with Gasteiger partial charge in [-0.05, 0) is 30.2 Å². The number of hydrogen-bond donors (Lipinski definition) is 0. The highest BCUT2D eigenvalue weighted by molar-refractivity contribution is 7.19. The van der Waals surface area contributed by atoms with Gasteiger partial charge in [0.05, 0.1) is 5.56 Å². The summed E-state index contributed by atoms with van der Waals surface area (Å²) in [7, 11) is 0. The van der Waals surface area contributed by atoms with E-state index in [1.165, 1.54) is 11.3 Å². The first-order chi connectivity index (χ1) is 7.24. The number of nitrogens with zero attached hydrogens (tertiary/aromatic N) is 2. The average Bonchev–Trinajstić information content (AvgIpc) is 2.55. The molecule has 0 atom stereocenters. The third-order valence-electron chi connectivity index (χ3n) is 2.16. The van der Waals surface area contributed by atoms with Crippen molar-refractivity contribution in [2.45, 2.75) is 6.92 Å². The van der Waals surface area contributed by atoms with Gasteiger partial charge in [-0.3, -0.25) is 4.98 Å². The molecule has 0 aliphatic rings. The summed E-state index contributed by atoms with van der Waals surface area (Å²) in [5.74, 6) is 0. The van der Waals surface area contributed by atoms with E-state index < -0.39 is 0 Å². The van der Waals surface area contributed by atoms with Crippen molar-refractivity contribution >= 4 is 22.9 Å². The molecule has 0 saturated heterocycles. The molecule has 2 aromatic heterocycles. The fourth-order valence-corrected chi connectivity index (χ4v) is 2.79. The predicted molar refractivity (Wildman–Crippen MR) is 62.0 cm³/mol. The van der Waals surface area contributed by atoms with E-state index in [4.69, 9.17) is 16.9 Å². The summed E-state index contributed by atoms with van der Waals surface area (Å²) in [5, 5.41) is 8.92. The quantitative estimate of drug-likeness (QED) is 0.755. The molecule has 15 heavy (non-hydrogen) atoms. The molecule has 0 saturated carbocycles. The Morgan fingerprint density at radius 1 is 1.40 bits per heavy atom. The number of halogens is 1. The molecule has 0 aromatic carbocycles. The summed E-state index contributed by atoms with van der Waals surface area (Å²) in [6.07, 6.45) is 3.46. The van der Waals surface area contributed by atoms with Crippen molar-refractivity contribution in [1.29, 1.82) is 5.26 Å². The van der Waals surface area contributed by atoms with Crippen molar-refractivity contribution in [3.63, 3.8) is 0 Å². The Hall–Kier alpha value is -1.37. The molecule has 0 bridgehead atoms. The van der Waals surface area contributed by atoms with Crippen molar-refractivity contribution in [2.24, 2.45) is 0 Å². The molecule has 2 nitrogen and oxygen atoms in total. The van der Waals surface area contributed by atoms with Gasteiger partial charge in [-0.1, -0.05) is 11.6 Å². The number of nitriles is 1. The number of rotatable bonds is 1. The summed E-state index contributed by atoms with van der Waals surface area (Å²) in [4.78, 5) is 5.00. The van der Waals surface area contributed by atoms with Crippen molar-refractivity contribution in [3.8, 4) is 16.5 Å². The van der Waals surface area contributed by atoms with E-state index in [0.717, 1.165) is 16.0 Å². The third kappa shape index (κ3) is 1.74. The van der Waals surface area contributed by atoms with Crippen LogP contribution < -0.4 is 0 Å². The lowest BCUT2D eigenvalue weighted by Crippen LogP contribution is -1.79. The van der Waals surface area contributed by atoms with Gasteiger partial charge in [0, 0.05) is 17.3 Å². The van der Waals surface area contributed by atoms with Crippen LogP contribution in [-0.2, 0) is 0 Å². The minimum absolute atomic E-state index is 0.557. The zero-order valence-electron chi connectivity index (χ0n) is 7.99. The molecule has 0 N–H and O–H groups in total. The number of thiophene rings is 1. The summed E-state index contributed by atoms with van der Waals surface area (Å²) < 4.78 is 0.557. The van der Waals surface area contributed by atoms with Gasteiger partial charge in [-0.15, -0.1) is 11.3 Å². The van der Waals surface area contributed by atoms with Gasteiger partial charge in [0.1, 0.15) is 10.4 Å². The minimum Gasteiger partial charge on any atom is -0.265 e. The van der Waals surface area contributed by atoms with Crippen molar-refractivity contribution in [1.82, 2.24) is 4.98 Å². The zero-order chi connectivity index (χ0) is 10.8. The maximum atomic E-state index is 8.92. The van der Waals surface area contributed by atoms with Gasteiger partial charge in [-0.25, -0.2) is 0 Å². The minimum atomic E-state index is 0.557. The van der Waals surface area contributed by atoms with Gasteiger partial charge < -0.3 is 0 Å². The highest BCUT2D eigenvalue weighted by atomic mass is 35.5. The molecule has 0 aliphatic heterocycles. The molecule has 4 heteroatoms. The molecule has 0 spiro atoms. The maximum Gasteiger partial charge on any atom is 0.112 e. The number of aromatic nitrogens is 1. The molecular weight excluding hydrogens is 228 g/mol. The van der Waals surface area contributed by atoms with Gasteiger partial charge in [0.2, 0.25) is 0 Å². The van der Waals surface area contributed by atoms with Crippen molar-refractivity contribution in [3.05, 3.63) is 40.0 Å². The Morgan fingerprint density at radius 3 is 2.60 bits per heavy atom. The molecule has 0 aliphatic carbocycles. The van der Waals surface area contributed by atoms with Crippen LogP contribution in [-0.4, -0.2) is 4.98 Å². The molecule has 2 aromatic rings. The van der Waals surface area contributed by atoms with E-state index >= 15 is 0 Å². The van der Waals surface area contributed by atoms with E-state index in [-0.39, 0.29) is 0 Å². The van der Waals surface area contributed by atoms with Crippen LogP contribution in [0.4, 0.5) is 0 Å². The second-order valence-corrected chi connectivity index (χ2v) is 4.68. The van der Waals surface area contributed by atoms with E-state index in [1.54, 1.807) is 12.4 Å². The maximum absolute atomic E-state index is 8.92. The lowest BCUT2D eigenvalue weighted by Gasteiger charge is -1.97. The van der Waals surface area contributed by atoms with Crippen LogP contribution in [0.2, 0.25) is 4.34 Å². The van der Waals surface area contributed by atoms with Crippen LogP contribution in [0.1, 0.15) is 11.1 Å². The Balaban J connectivity index is 2.62. The van der Waals surface area contributed by atoms with Crippen LogP contribution in [0.3, 0.4) is 0 Å². The SMILES string of the molecule is Cc1c(-c2ccncc2)sc(Cl)c1C#N. The third-order valence-corrected chi connectivity index (χ3v) is 3.71. The lowest BCUT2D eigenvalue weighted by atomic mass is 10.1. The van der Waals surface area contributed by atoms with Crippen LogP contribution in [0, 0.1) is 18.3 Å². The average molecular weight is 235 g/mol. The summed E-state index contributed by atoms with van der Waals surface area (Å²) >= 11 is 7.41. The van der Waals surface area contributed by atoms with Gasteiger partial charge in [-0.2, -0.15) is 5.26 Å². The second kappa shape index (κ2) is 4.01. The second-order valence-electron chi connectivity index (χ2n) is 3.05. The van der Waals surface area contributed by atoms with Crippen LogP contribution in [0.5, 0.6) is 0 Å². The molecular formula is C11H7ClN2S. The normalized spacial score (nSPS) is 9.93. The smallest absolute Gasteiger partial charge is 0.112 e. The first kappa shape index (κ1) is 10.2. The Labute approximate surface area is 96.8 Å². The van der Waals surface area contributed by atoms with E-state index in [9.17, 15) is 0 Å². The largest absolute Gasteiger partial charge is 0.265 e. The molecule has 0 radical (unpaired) electrons. The standard InChI is InChI=1S/C11H7ClN2S/c1-7-9(6-13)11(12)15-10(7)8-2-4-14-5-3-8/h2-5H,1H3. The Kier molecular flexibility index (Phi) is 2.72. The van der Waals surface area contributed by atoms with E-state index in [0.29, 0.717) is 9.90 Å². The Morgan fingerprint density at radius 2 is 2.07 bits per heavy atom. The van der Waals surface area contributed by atoms with E-state index in [2.05, 4.69) is 11.1 Å². The molecule has 0 unspecified atom stereocenters. The van der Waals surface area contributed by atoms with E-state index in [1.807, 2.05) is 19.1 Å².